The fourth-order valence-electron chi connectivity index (χ4n) is 2.74. The minimum Gasteiger partial charge on any atom is -0.452 e. The Balaban J connectivity index is 1.85. The zero-order chi connectivity index (χ0) is 20.2. The highest BCUT2D eigenvalue weighted by molar-refractivity contribution is 7.91. The van der Waals surface area contributed by atoms with E-state index >= 15 is 0 Å². The van der Waals surface area contributed by atoms with Gasteiger partial charge >= 0.3 is 5.97 Å². The molecule has 1 aliphatic heterocycles. The molecule has 1 aliphatic rings. The van der Waals surface area contributed by atoms with Gasteiger partial charge in [-0.2, -0.15) is 5.10 Å². The van der Waals surface area contributed by atoms with Crippen LogP contribution in [-0.2, 0) is 30.7 Å². The molecule has 0 aliphatic carbocycles. The number of nitrogens with zero attached hydrogens (tertiary/aromatic N) is 2. The van der Waals surface area contributed by atoms with Crippen molar-refractivity contribution >= 4 is 39.4 Å². The average molecular weight is 418 g/mol. The molecule has 1 amide bonds. The topological polar surface area (TPSA) is 107 Å². The van der Waals surface area contributed by atoms with Crippen molar-refractivity contribution in [1.29, 1.82) is 0 Å². The van der Waals surface area contributed by atoms with E-state index in [1.54, 1.807) is 11.6 Å². The van der Waals surface area contributed by atoms with Crippen molar-refractivity contribution < 1.29 is 22.7 Å². The van der Waals surface area contributed by atoms with Crippen LogP contribution in [0.4, 0.5) is 0 Å². The first-order valence-corrected chi connectivity index (χ1v) is 10.8. The van der Waals surface area contributed by atoms with Gasteiger partial charge in [-0.1, -0.05) is 25.4 Å². The normalized spacial score (nSPS) is 18.9. The van der Waals surface area contributed by atoms with Crippen LogP contribution in [0.1, 0.15) is 31.5 Å². The summed E-state index contributed by atoms with van der Waals surface area (Å²) >= 11 is 6.29. The molecule has 1 aromatic rings. The first-order chi connectivity index (χ1) is 12.6. The summed E-state index contributed by atoms with van der Waals surface area (Å²) in [6, 6.07) is -0.426. The molecular formula is C17H24ClN3O5S. The van der Waals surface area contributed by atoms with Gasteiger partial charge in [0.25, 0.3) is 5.91 Å². The number of sulfone groups is 1. The molecule has 0 radical (unpaired) electrons. The van der Waals surface area contributed by atoms with Crippen LogP contribution in [0.25, 0.3) is 6.08 Å². The zero-order valence-corrected chi connectivity index (χ0v) is 17.1. The Morgan fingerprint density at radius 2 is 2.15 bits per heavy atom. The fourth-order valence-corrected chi connectivity index (χ4v) is 4.72. The van der Waals surface area contributed by atoms with E-state index in [9.17, 15) is 18.0 Å². The molecule has 2 rings (SSSR count). The van der Waals surface area contributed by atoms with Gasteiger partial charge in [0.1, 0.15) is 5.15 Å². The molecule has 0 saturated carbocycles. The molecule has 27 heavy (non-hydrogen) atoms. The van der Waals surface area contributed by atoms with E-state index in [-0.39, 0.29) is 11.5 Å². The van der Waals surface area contributed by atoms with Crippen LogP contribution in [0.2, 0.25) is 5.15 Å². The van der Waals surface area contributed by atoms with E-state index in [4.69, 9.17) is 16.3 Å². The number of ether oxygens (including phenoxy) is 1. The lowest BCUT2D eigenvalue weighted by atomic mass is 10.2. The van der Waals surface area contributed by atoms with Crippen molar-refractivity contribution in [3.8, 4) is 0 Å². The lowest BCUT2D eigenvalue weighted by Gasteiger charge is -2.10. The second-order valence-corrected chi connectivity index (χ2v) is 9.56. The summed E-state index contributed by atoms with van der Waals surface area (Å²) in [6.07, 6.45) is 3.06. The van der Waals surface area contributed by atoms with Crippen LogP contribution in [-0.4, -0.2) is 54.2 Å². The molecule has 1 N–H and O–H groups in total. The Morgan fingerprint density at radius 3 is 2.74 bits per heavy atom. The highest BCUT2D eigenvalue weighted by atomic mass is 35.5. The summed E-state index contributed by atoms with van der Waals surface area (Å²) in [5.41, 5.74) is 1.31. The summed E-state index contributed by atoms with van der Waals surface area (Å²) in [7, 11) is -3.08. The van der Waals surface area contributed by atoms with Crippen LogP contribution in [0.15, 0.2) is 6.08 Å². The van der Waals surface area contributed by atoms with Gasteiger partial charge in [0.15, 0.2) is 16.4 Å². The monoisotopic (exact) mass is 417 g/mol. The van der Waals surface area contributed by atoms with Gasteiger partial charge in [0.05, 0.1) is 17.2 Å². The molecule has 0 aromatic carbocycles. The number of rotatable bonds is 7. The van der Waals surface area contributed by atoms with Gasteiger partial charge in [0.2, 0.25) is 0 Å². The zero-order valence-electron chi connectivity index (χ0n) is 15.6. The first-order valence-electron chi connectivity index (χ1n) is 8.65. The van der Waals surface area contributed by atoms with Crippen molar-refractivity contribution in [3.05, 3.63) is 22.5 Å². The molecule has 10 heteroatoms. The quantitative estimate of drug-likeness (QED) is 0.530. The maximum atomic E-state index is 11.8. The maximum Gasteiger partial charge on any atom is 0.331 e. The number of halogens is 1. The molecule has 1 saturated heterocycles. The summed E-state index contributed by atoms with van der Waals surface area (Å²) in [4.78, 5) is 23.6. The van der Waals surface area contributed by atoms with Crippen molar-refractivity contribution in [1.82, 2.24) is 15.1 Å². The number of carbonyl (C=O) groups excluding carboxylic acids is 2. The molecule has 0 spiro atoms. The third kappa shape index (κ3) is 6.35. The third-order valence-electron chi connectivity index (χ3n) is 3.98. The van der Waals surface area contributed by atoms with E-state index < -0.39 is 34.4 Å². The third-order valence-corrected chi connectivity index (χ3v) is 6.14. The lowest BCUT2D eigenvalue weighted by molar-refractivity contribution is -0.143. The van der Waals surface area contributed by atoms with E-state index in [0.29, 0.717) is 35.3 Å². The number of hydrogen-bond donors (Lipinski definition) is 1. The van der Waals surface area contributed by atoms with Gasteiger partial charge in [-0.15, -0.1) is 0 Å². The molecule has 0 bridgehead atoms. The van der Waals surface area contributed by atoms with Gasteiger partial charge in [-0.25, -0.2) is 13.2 Å². The summed E-state index contributed by atoms with van der Waals surface area (Å²) in [6.45, 7) is 6.07. The van der Waals surface area contributed by atoms with E-state index in [1.165, 1.54) is 12.2 Å². The number of hydrogen-bond acceptors (Lipinski definition) is 6. The van der Waals surface area contributed by atoms with Crippen molar-refractivity contribution in [2.75, 3.05) is 18.1 Å². The number of esters is 1. The molecule has 0 unspecified atom stereocenters. The van der Waals surface area contributed by atoms with E-state index in [0.717, 1.165) is 0 Å². The van der Waals surface area contributed by atoms with E-state index in [2.05, 4.69) is 10.4 Å². The highest BCUT2D eigenvalue weighted by Crippen LogP contribution is 2.22. The van der Waals surface area contributed by atoms with Crippen LogP contribution < -0.4 is 5.32 Å². The predicted octanol–water partition coefficient (Wildman–Crippen LogP) is 1.36. The minimum atomic E-state index is -3.08. The maximum absolute atomic E-state index is 11.8. The highest BCUT2D eigenvalue weighted by Gasteiger charge is 2.28. The summed E-state index contributed by atoms with van der Waals surface area (Å²) < 4.78 is 29.3. The van der Waals surface area contributed by atoms with Gasteiger partial charge < -0.3 is 10.1 Å². The van der Waals surface area contributed by atoms with Crippen molar-refractivity contribution in [3.63, 3.8) is 0 Å². The SMILES string of the molecule is Cc1nn(CC(C)C)c(Cl)c1/C=C/C(=O)OCC(=O)N[C@H]1CCS(=O)(=O)C1. The van der Waals surface area contributed by atoms with Gasteiger partial charge in [-0.3, -0.25) is 9.48 Å². The number of amides is 1. The minimum absolute atomic E-state index is 0.0606. The fraction of sp³-hybridized carbons (Fsp3) is 0.588. The standard InChI is InChI=1S/C17H24ClN3O5S/c1-11(2)8-21-17(18)14(12(3)20-21)4-5-16(23)26-9-15(22)19-13-6-7-27(24,25)10-13/h4-5,11,13H,6-10H2,1-3H3,(H,19,22)/b5-4+/t13-/m0/s1. The molecule has 150 valence electrons. The van der Waals surface area contributed by atoms with Crippen molar-refractivity contribution in [2.45, 2.75) is 39.8 Å². The number of aromatic nitrogens is 2. The summed E-state index contributed by atoms with van der Waals surface area (Å²) in [5, 5.41) is 7.32. The van der Waals surface area contributed by atoms with Crippen LogP contribution >= 0.6 is 11.6 Å². The smallest absolute Gasteiger partial charge is 0.331 e. The average Bonchev–Trinajstić information content (AvgIpc) is 3.02. The number of aryl methyl sites for hydroxylation is 1. The molecule has 1 fully saturated rings. The van der Waals surface area contributed by atoms with Crippen molar-refractivity contribution in [2.24, 2.45) is 5.92 Å². The second kappa shape index (κ2) is 8.88. The lowest BCUT2D eigenvalue weighted by Crippen LogP contribution is -2.38. The Bertz CT molecular complexity index is 845. The summed E-state index contributed by atoms with van der Waals surface area (Å²) in [5.74, 6) is -0.874. The predicted molar refractivity (Wildman–Crippen MR) is 102 cm³/mol. The Hall–Kier alpha value is -1.87. The van der Waals surface area contributed by atoms with Gasteiger partial charge in [-0.05, 0) is 25.3 Å². The number of nitrogens with one attached hydrogen (secondary N) is 1. The Kier molecular flexibility index (Phi) is 7.05. The van der Waals surface area contributed by atoms with E-state index in [1.807, 2.05) is 13.8 Å². The largest absolute Gasteiger partial charge is 0.452 e. The van der Waals surface area contributed by atoms with Gasteiger partial charge in [0, 0.05) is 24.2 Å². The first kappa shape index (κ1) is 21.4. The molecule has 1 aromatic heterocycles. The molecule has 8 nitrogen and oxygen atoms in total. The van der Waals surface area contributed by atoms with Crippen LogP contribution in [0.5, 0.6) is 0 Å². The van der Waals surface area contributed by atoms with Crippen LogP contribution in [0, 0.1) is 12.8 Å². The second-order valence-electron chi connectivity index (χ2n) is 6.97. The Labute approximate surface area is 163 Å². The molecular weight excluding hydrogens is 394 g/mol. The number of carbonyl (C=O) groups is 2. The molecule has 2 heterocycles. The Morgan fingerprint density at radius 1 is 1.44 bits per heavy atom. The molecule has 1 atom stereocenters. The van der Waals surface area contributed by atoms with Crippen LogP contribution in [0.3, 0.4) is 0 Å².